The first kappa shape index (κ1) is 18.3. The molecule has 1 amide bonds. The fourth-order valence-corrected chi connectivity index (χ4v) is 2.78. The Morgan fingerprint density at radius 1 is 1.10 bits per heavy atom. The molecular weight excluding hydrogens is 377 g/mol. The van der Waals surface area contributed by atoms with E-state index in [0.717, 1.165) is 0 Å². The Labute approximate surface area is 165 Å². The first-order valence-electron chi connectivity index (χ1n) is 8.56. The van der Waals surface area contributed by atoms with E-state index in [2.05, 4.69) is 11.0 Å². The van der Waals surface area contributed by atoms with Crippen molar-refractivity contribution >= 4 is 11.6 Å². The number of ether oxygens (including phenoxy) is 1. The molecule has 3 aromatic carbocycles. The maximum atomic E-state index is 13.4. The molecule has 1 heterocycles. The SMILES string of the molecule is Cc1cc(F)ccc1Oc1cc2c(cc1C(=O)Nc1cccc(C#N)c1)ONO2. The number of nitrogens with one attached hydrogen (secondary N) is 2. The zero-order valence-corrected chi connectivity index (χ0v) is 15.2. The molecule has 1 aliphatic rings. The van der Waals surface area contributed by atoms with Gasteiger partial charge in [0.15, 0.2) is 11.5 Å². The van der Waals surface area contributed by atoms with Gasteiger partial charge in [0.25, 0.3) is 5.91 Å². The molecule has 29 heavy (non-hydrogen) atoms. The number of carbonyl (C=O) groups is 1. The molecular formula is C21H14FN3O4. The number of nitrogens with zero attached hydrogens (tertiary/aromatic N) is 1. The number of fused-ring (bicyclic) bond motifs is 1. The summed E-state index contributed by atoms with van der Waals surface area (Å²) >= 11 is 0. The van der Waals surface area contributed by atoms with Gasteiger partial charge < -0.3 is 19.7 Å². The van der Waals surface area contributed by atoms with Crippen molar-refractivity contribution in [2.45, 2.75) is 6.92 Å². The van der Waals surface area contributed by atoms with Gasteiger partial charge in [-0.05, 0) is 48.9 Å². The Kier molecular flexibility index (Phi) is 4.73. The van der Waals surface area contributed by atoms with Crippen molar-refractivity contribution in [2.24, 2.45) is 0 Å². The van der Waals surface area contributed by atoms with Crippen molar-refractivity contribution in [3.8, 4) is 29.1 Å². The van der Waals surface area contributed by atoms with Gasteiger partial charge in [0, 0.05) is 23.5 Å². The minimum absolute atomic E-state index is 0.169. The van der Waals surface area contributed by atoms with Crippen LogP contribution in [0.25, 0.3) is 0 Å². The second-order valence-corrected chi connectivity index (χ2v) is 6.24. The van der Waals surface area contributed by atoms with Crippen LogP contribution in [0.15, 0.2) is 54.6 Å². The summed E-state index contributed by atoms with van der Waals surface area (Å²) in [5, 5.41) is 11.8. The number of nitriles is 1. The Hall–Kier alpha value is -4.09. The number of aryl methyl sites for hydroxylation is 1. The van der Waals surface area contributed by atoms with E-state index < -0.39 is 5.91 Å². The number of hydrogen-bond acceptors (Lipinski definition) is 6. The van der Waals surface area contributed by atoms with Crippen LogP contribution >= 0.6 is 0 Å². The van der Waals surface area contributed by atoms with E-state index in [0.29, 0.717) is 34.1 Å². The van der Waals surface area contributed by atoms with Gasteiger partial charge in [-0.3, -0.25) is 4.79 Å². The minimum atomic E-state index is -0.479. The maximum absolute atomic E-state index is 13.4. The summed E-state index contributed by atoms with van der Waals surface area (Å²) in [4.78, 5) is 23.2. The molecule has 0 saturated carbocycles. The molecule has 8 heteroatoms. The van der Waals surface area contributed by atoms with E-state index in [1.165, 1.54) is 30.3 Å². The second-order valence-electron chi connectivity index (χ2n) is 6.24. The second kappa shape index (κ2) is 7.50. The van der Waals surface area contributed by atoms with Crippen molar-refractivity contribution in [3.63, 3.8) is 0 Å². The summed E-state index contributed by atoms with van der Waals surface area (Å²) in [7, 11) is 0. The smallest absolute Gasteiger partial charge is 0.259 e. The zero-order chi connectivity index (χ0) is 20.4. The maximum Gasteiger partial charge on any atom is 0.259 e. The highest BCUT2D eigenvalue weighted by Gasteiger charge is 2.23. The summed E-state index contributed by atoms with van der Waals surface area (Å²) in [5.41, 5.74) is 3.85. The monoisotopic (exact) mass is 391 g/mol. The summed E-state index contributed by atoms with van der Waals surface area (Å²) in [6.45, 7) is 1.69. The minimum Gasteiger partial charge on any atom is -0.456 e. The van der Waals surface area contributed by atoms with E-state index in [1.54, 1.807) is 31.2 Å². The number of anilines is 1. The molecule has 0 fully saturated rings. The lowest BCUT2D eigenvalue weighted by Gasteiger charge is -2.14. The van der Waals surface area contributed by atoms with Crippen molar-refractivity contribution in [2.75, 3.05) is 5.32 Å². The number of halogens is 1. The molecule has 0 spiro atoms. The van der Waals surface area contributed by atoms with Gasteiger partial charge in [0.05, 0.1) is 17.2 Å². The third kappa shape index (κ3) is 3.81. The number of hydrogen-bond donors (Lipinski definition) is 2. The van der Waals surface area contributed by atoms with E-state index in [4.69, 9.17) is 19.7 Å². The molecule has 0 bridgehead atoms. The zero-order valence-electron chi connectivity index (χ0n) is 15.2. The predicted molar refractivity (Wildman–Crippen MR) is 101 cm³/mol. The van der Waals surface area contributed by atoms with E-state index in [9.17, 15) is 9.18 Å². The number of carbonyl (C=O) groups excluding carboxylic acids is 1. The van der Waals surface area contributed by atoms with Crippen LogP contribution in [0.1, 0.15) is 21.5 Å². The molecule has 2 N–H and O–H groups in total. The van der Waals surface area contributed by atoms with Crippen molar-refractivity contribution in [3.05, 3.63) is 77.1 Å². The normalized spacial score (nSPS) is 11.6. The largest absolute Gasteiger partial charge is 0.456 e. The molecule has 4 rings (SSSR count). The van der Waals surface area contributed by atoms with Crippen LogP contribution in [0.5, 0.6) is 23.0 Å². The van der Waals surface area contributed by atoms with E-state index in [-0.39, 0.29) is 17.1 Å². The Bertz CT molecular complexity index is 1160. The van der Waals surface area contributed by atoms with E-state index >= 15 is 0 Å². The molecule has 144 valence electrons. The molecule has 0 radical (unpaired) electrons. The average Bonchev–Trinajstić information content (AvgIpc) is 3.17. The van der Waals surface area contributed by atoms with Crippen LogP contribution < -0.4 is 25.4 Å². The average molecular weight is 391 g/mol. The van der Waals surface area contributed by atoms with E-state index in [1.807, 2.05) is 6.07 Å². The third-order valence-corrected chi connectivity index (χ3v) is 4.20. The molecule has 0 atom stereocenters. The number of amides is 1. The van der Waals surface area contributed by atoms with Crippen LogP contribution in [0, 0.1) is 24.1 Å². The van der Waals surface area contributed by atoms with Gasteiger partial charge in [0.1, 0.15) is 17.3 Å². The van der Waals surface area contributed by atoms with Gasteiger partial charge in [-0.1, -0.05) is 6.07 Å². The fraction of sp³-hybridized carbons (Fsp3) is 0.0476. The molecule has 0 aliphatic carbocycles. The van der Waals surface area contributed by atoms with Gasteiger partial charge in [-0.2, -0.15) is 5.26 Å². The molecule has 0 saturated heterocycles. The highest BCUT2D eigenvalue weighted by Crippen LogP contribution is 2.39. The fourth-order valence-electron chi connectivity index (χ4n) is 2.78. The molecule has 0 aromatic heterocycles. The number of benzene rings is 3. The Morgan fingerprint density at radius 3 is 2.66 bits per heavy atom. The Morgan fingerprint density at radius 2 is 1.90 bits per heavy atom. The highest BCUT2D eigenvalue weighted by atomic mass is 19.1. The topological polar surface area (TPSA) is 92.6 Å². The molecule has 1 aliphatic heterocycles. The number of rotatable bonds is 4. The lowest BCUT2D eigenvalue weighted by molar-refractivity contribution is 0.0259. The predicted octanol–water partition coefficient (Wildman–Crippen LogP) is 4.24. The third-order valence-electron chi connectivity index (χ3n) is 4.20. The lowest BCUT2D eigenvalue weighted by Crippen LogP contribution is -2.14. The molecule has 7 nitrogen and oxygen atoms in total. The summed E-state index contributed by atoms with van der Waals surface area (Å²) in [6.07, 6.45) is 0. The first-order chi connectivity index (χ1) is 14.0. The quantitative estimate of drug-likeness (QED) is 0.691. The van der Waals surface area contributed by atoms with Gasteiger partial charge in [-0.15, -0.1) is 0 Å². The summed E-state index contributed by atoms with van der Waals surface area (Å²) in [5.74, 6) is 0.360. The van der Waals surface area contributed by atoms with Gasteiger partial charge in [0.2, 0.25) is 0 Å². The van der Waals surface area contributed by atoms with Crippen LogP contribution in [-0.4, -0.2) is 5.91 Å². The molecule has 0 unspecified atom stereocenters. The van der Waals surface area contributed by atoms with Crippen molar-refractivity contribution in [1.29, 1.82) is 5.26 Å². The van der Waals surface area contributed by atoms with Crippen LogP contribution in [0.3, 0.4) is 0 Å². The lowest BCUT2D eigenvalue weighted by atomic mass is 10.1. The van der Waals surface area contributed by atoms with Crippen molar-refractivity contribution < 1.29 is 23.6 Å². The summed E-state index contributed by atoms with van der Waals surface area (Å²) < 4.78 is 19.3. The van der Waals surface area contributed by atoms with Crippen molar-refractivity contribution in [1.82, 2.24) is 5.64 Å². The van der Waals surface area contributed by atoms with Crippen LogP contribution in [-0.2, 0) is 0 Å². The van der Waals surface area contributed by atoms with Crippen LogP contribution in [0.4, 0.5) is 10.1 Å². The van der Waals surface area contributed by atoms with Crippen LogP contribution in [0.2, 0.25) is 0 Å². The highest BCUT2D eigenvalue weighted by molar-refractivity contribution is 6.06. The van der Waals surface area contributed by atoms with Gasteiger partial charge >= 0.3 is 0 Å². The van der Waals surface area contributed by atoms with Gasteiger partial charge in [-0.25, -0.2) is 4.39 Å². The summed E-state index contributed by atoms with van der Waals surface area (Å²) in [6, 6.07) is 15.6. The first-order valence-corrected chi connectivity index (χ1v) is 8.56. The standard InChI is InChI=1S/C21H14FN3O4/c1-12-7-14(22)5-6-17(12)27-18-10-20-19(28-25-29-20)9-16(18)21(26)24-15-4-2-3-13(8-15)11-23/h2-10,25H,1H3,(H,24,26). The molecule has 3 aromatic rings. The Balaban J connectivity index is 1.69.